The van der Waals surface area contributed by atoms with Gasteiger partial charge in [-0.2, -0.15) is 0 Å². The maximum atomic E-state index is 10.9. The Morgan fingerprint density at radius 3 is 3.00 bits per heavy atom. The van der Waals surface area contributed by atoms with Crippen LogP contribution in [-0.4, -0.2) is 12.8 Å². The highest BCUT2D eigenvalue weighted by Gasteiger charge is 2.18. The zero-order chi connectivity index (χ0) is 9.97. The fourth-order valence-corrected chi connectivity index (χ4v) is 2.28. The molecule has 0 amide bonds. The lowest BCUT2D eigenvalue weighted by atomic mass is 10.00. The number of aldehydes is 1. The molecule has 0 spiro atoms. The number of rotatable bonds is 2. The van der Waals surface area contributed by atoms with Gasteiger partial charge in [0, 0.05) is 16.1 Å². The summed E-state index contributed by atoms with van der Waals surface area (Å²) >= 11 is 3.43. The molecule has 14 heavy (non-hydrogen) atoms. The van der Waals surface area contributed by atoms with E-state index in [4.69, 9.17) is 0 Å². The van der Waals surface area contributed by atoms with Crippen molar-refractivity contribution in [3.8, 4) is 0 Å². The Bertz CT molecular complexity index is 345. The van der Waals surface area contributed by atoms with Crippen molar-refractivity contribution >= 4 is 22.2 Å². The van der Waals surface area contributed by atoms with Crippen LogP contribution in [0.15, 0.2) is 22.7 Å². The van der Waals surface area contributed by atoms with Gasteiger partial charge >= 0.3 is 0 Å². The van der Waals surface area contributed by atoms with E-state index in [1.807, 2.05) is 18.2 Å². The third kappa shape index (κ3) is 1.88. The third-order valence-corrected chi connectivity index (χ3v) is 3.10. The van der Waals surface area contributed by atoms with E-state index < -0.39 is 0 Å². The van der Waals surface area contributed by atoms with Crippen LogP contribution in [0.5, 0.6) is 0 Å². The van der Waals surface area contributed by atoms with E-state index >= 15 is 0 Å². The molecule has 0 bridgehead atoms. The molecule has 1 aliphatic heterocycles. The molecule has 1 atom stereocenters. The zero-order valence-corrected chi connectivity index (χ0v) is 9.38. The molecular formula is C11H12BrNO. The summed E-state index contributed by atoms with van der Waals surface area (Å²) in [6.45, 7) is 1.05. The van der Waals surface area contributed by atoms with Crippen molar-refractivity contribution in [3.63, 3.8) is 0 Å². The number of hydrogen-bond acceptors (Lipinski definition) is 2. The number of benzene rings is 1. The summed E-state index contributed by atoms with van der Waals surface area (Å²) in [7, 11) is 0. The summed E-state index contributed by atoms with van der Waals surface area (Å²) in [5.74, 6) is 0. The zero-order valence-electron chi connectivity index (χ0n) is 7.79. The summed E-state index contributed by atoms with van der Waals surface area (Å²) in [5, 5.41) is 3.40. The second kappa shape index (κ2) is 4.24. The molecule has 1 saturated heterocycles. The molecule has 2 nitrogen and oxygen atoms in total. The first-order valence-corrected chi connectivity index (χ1v) is 5.58. The van der Waals surface area contributed by atoms with Gasteiger partial charge in [0.05, 0.1) is 0 Å². The molecule has 1 N–H and O–H groups in total. The largest absolute Gasteiger partial charge is 0.310 e. The van der Waals surface area contributed by atoms with Crippen molar-refractivity contribution in [1.29, 1.82) is 0 Å². The van der Waals surface area contributed by atoms with Gasteiger partial charge in [-0.05, 0) is 37.1 Å². The van der Waals surface area contributed by atoms with Crippen LogP contribution in [0, 0.1) is 0 Å². The standard InChI is InChI=1S/C11H12BrNO/c12-9-4-3-8(7-14)10(6-9)11-2-1-5-13-11/h3-4,6-7,11,13H,1-2,5H2. The number of carbonyl (C=O) groups is 1. The molecule has 1 unspecified atom stereocenters. The minimum absolute atomic E-state index is 0.354. The second-order valence-electron chi connectivity index (χ2n) is 3.54. The van der Waals surface area contributed by atoms with Crippen LogP contribution in [0.1, 0.15) is 34.8 Å². The predicted molar refractivity (Wildman–Crippen MR) is 59.5 cm³/mol. The van der Waals surface area contributed by atoms with Crippen LogP contribution in [0.3, 0.4) is 0 Å². The second-order valence-corrected chi connectivity index (χ2v) is 4.46. The van der Waals surface area contributed by atoms with E-state index in [-0.39, 0.29) is 0 Å². The minimum atomic E-state index is 0.354. The van der Waals surface area contributed by atoms with Crippen molar-refractivity contribution in [2.75, 3.05) is 6.54 Å². The highest BCUT2D eigenvalue weighted by Crippen LogP contribution is 2.27. The van der Waals surface area contributed by atoms with E-state index in [1.54, 1.807) is 0 Å². The van der Waals surface area contributed by atoms with E-state index in [9.17, 15) is 4.79 Å². The van der Waals surface area contributed by atoms with Gasteiger partial charge in [-0.3, -0.25) is 4.79 Å². The molecule has 1 fully saturated rings. The SMILES string of the molecule is O=Cc1ccc(Br)cc1C1CCCN1. The Kier molecular flexibility index (Phi) is 2.99. The van der Waals surface area contributed by atoms with Gasteiger partial charge in [0.1, 0.15) is 6.29 Å². The molecular weight excluding hydrogens is 242 g/mol. The summed E-state index contributed by atoms with van der Waals surface area (Å²) in [4.78, 5) is 10.9. The Balaban J connectivity index is 2.37. The van der Waals surface area contributed by atoms with Crippen molar-refractivity contribution < 1.29 is 4.79 Å². The monoisotopic (exact) mass is 253 g/mol. The number of hydrogen-bond donors (Lipinski definition) is 1. The minimum Gasteiger partial charge on any atom is -0.310 e. The maximum absolute atomic E-state index is 10.9. The van der Waals surface area contributed by atoms with Crippen molar-refractivity contribution in [2.45, 2.75) is 18.9 Å². The lowest BCUT2D eigenvalue weighted by Gasteiger charge is -2.13. The average Bonchev–Trinajstić information content (AvgIpc) is 2.70. The smallest absolute Gasteiger partial charge is 0.150 e. The van der Waals surface area contributed by atoms with Gasteiger partial charge in [-0.15, -0.1) is 0 Å². The van der Waals surface area contributed by atoms with Crippen molar-refractivity contribution in [1.82, 2.24) is 5.32 Å². The summed E-state index contributed by atoms with van der Waals surface area (Å²) in [6, 6.07) is 6.16. The topological polar surface area (TPSA) is 29.1 Å². The fraction of sp³-hybridized carbons (Fsp3) is 0.364. The van der Waals surface area contributed by atoms with Gasteiger partial charge in [0.2, 0.25) is 0 Å². The normalized spacial score (nSPS) is 21.1. The molecule has 1 aromatic rings. The highest BCUT2D eigenvalue weighted by atomic mass is 79.9. The van der Waals surface area contributed by atoms with E-state index in [2.05, 4.69) is 21.2 Å². The summed E-state index contributed by atoms with van der Waals surface area (Å²) in [6.07, 6.45) is 3.24. The maximum Gasteiger partial charge on any atom is 0.150 e. The van der Waals surface area contributed by atoms with Gasteiger partial charge < -0.3 is 5.32 Å². The Hall–Kier alpha value is -0.670. The van der Waals surface area contributed by atoms with Crippen LogP contribution < -0.4 is 5.32 Å². The summed E-state index contributed by atoms with van der Waals surface area (Å²) in [5.41, 5.74) is 1.92. The lowest BCUT2D eigenvalue weighted by molar-refractivity contribution is 0.112. The molecule has 0 aromatic heterocycles. The molecule has 1 aliphatic rings. The fourth-order valence-electron chi connectivity index (χ4n) is 1.90. The van der Waals surface area contributed by atoms with Gasteiger partial charge in [-0.25, -0.2) is 0 Å². The molecule has 0 radical (unpaired) electrons. The molecule has 0 aliphatic carbocycles. The predicted octanol–water partition coefficient (Wildman–Crippen LogP) is 2.69. The van der Waals surface area contributed by atoms with Gasteiger partial charge in [0.25, 0.3) is 0 Å². The van der Waals surface area contributed by atoms with Crippen LogP contribution >= 0.6 is 15.9 Å². The quantitative estimate of drug-likeness (QED) is 0.822. The summed E-state index contributed by atoms with van der Waals surface area (Å²) < 4.78 is 1.03. The van der Waals surface area contributed by atoms with Crippen LogP contribution in [0.25, 0.3) is 0 Å². The van der Waals surface area contributed by atoms with Crippen LogP contribution in [0.2, 0.25) is 0 Å². The van der Waals surface area contributed by atoms with Gasteiger partial charge in [-0.1, -0.05) is 22.0 Å². The Morgan fingerprint density at radius 1 is 1.50 bits per heavy atom. The van der Waals surface area contributed by atoms with Crippen LogP contribution in [-0.2, 0) is 0 Å². The van der Waals surface area contributed by atoms with Crippen LogP contribution in [0.4, 0.5) is 0 Å². The molecule has 2 rings (SSSR count). The van der Waals surface area contributed by atoms with Crippen molar-refractivity contribution in [3.05, 3.63) is 33.8 Å². The lowest BCUT2D eigenvalue weighted by Crippen LogP contribution is -2.14. The molecule has 1 heterocycles. The van der Waals surface area contributed by atoms with E-state index in [0.29, 0.717) is 6.04 Å². The Morgan fingerprint density at radius 2 is 2.36 bits per heavy atom. The average molecular weight is 254 g/mol. The Labute approximate surface area is 91.8 Å². The first-order valence-electron chi connectivity index (χ1n) is 4.79. The molecule has 0 saturated carbocycles. The number of halogens is 1. The molecule has 3 heteroatoms. The number of carbonyl (C=O) groups excluding carboxylic acids is 1. The molecule has 1 aromatic carbocycles. The van der Waals surface area contributed by atoms with Gasteiger partial charge in [0.15, 0.2) is 0 Å². The first kappa shape index (κ1) is 9.87. The highest BCUT2D eigenvalue weighted by molar-refractivity contribution is 9.10. The van der Waals surface area contributed by atoms with E-state index in [1.165, 1.54) is 6.42 Å². The third-order valence-electron chi connectivity index (χ3n) is 2.61. The van der Waals surface area contributed by atoms with E-state index in [0.717, 1.165) is 34.9 Å². The number of nitrogens with one attached hydrogen (secondary N) is 1. The van der Waals surface area contributed by atoms with Crippen molar-refractivity contribution in [2.24, 2.45) is 0 Å². The molecule has 74 valence electrons. The first-order chi connectivity index (χ1) is 6.81.